The number of aliphatic carboxylic acids is 2. The molecule has 0 atom stereocenters. The van der Waals surface area contributed by atoms with Gasteiger partial charge in [0.25, 0.3) is 0 Å². The molecule has 0 saturated carbocycles. The molecular weight excluding hydrogens is 224 g/mol. The van der Waals surface area contributed by atoms with Crippen molar-refractivity contribution in [2.45, 2.75) is 0 Å². The largest absolute Gasteiger partial charge is 0.544 e. The first-order valence-corrected chi connectivity index (χ1v) is 5.49. The Morgan fingerprint density at radius 2 is 1.47 bits per heavy atom. The normalized spacial score (nSPS) is 12.6. The van der Waals surface area contributed by atoms with E-state index in [-0.39, 0.29) is 0 Å². The molecular formula is C7H12O7Si. The molecule has 0 aliphatic heterocycles. The average molecular weight is 236 g/mol. The van der Waals surface area contributed by atoms with Crippen molar-refractivity contribution in [3.05, 3.63) is 11.3 Å². The Labute approximate surface area is 87.2 Å². The van der Waals surface area contributed by atoms with Gasteiger partial charge in [0.15, 0.2) is 0 Å². The second kappa shape index (κ2) is 5.61. The predicted octanol–water partition coefficient (Wildman–Crippen LogP) is -0.501. The van der Waals surface area contributed by atoms with Crippen molar-refractivity contribution in [1.82, 2.24) is 0 Å². The van der Waals surface area contributed by atoms with E-state index in [0.29, 0.717) is 6.08 Å². The SMILES string of the molecule is CO[Si](OC)(OC)/C(=C/C(=O)O)C(=O)O. The van der Waals surface area contributed by atoms with E-state index in [9.17, 15) is 9.59 Å². The zero-order chi connectivity index (χ0) is 12.1. The van der Waals surface area contributed by atoms with Crippen LogP contribution in [0.15, 0.2) is 11.3 Å². The molecule has 15 heavy (non-hydrogen) atoms. The van der Waals surface area contributed by atoms with Crippen molar-refractivity contribution in [1.29, 1.82) is 0 Å². The average Bonchev–Trinajstić information content (AvgIpc) is 2.19. The number of hydrogen-bond donors (Lipinski definition) is 2. The molecule has 0 unspecified atom stereocenters. The van der Waals surface area contributed by atoms with Gasteiger partial charge < -0.3 is 23.5 Å². The molecule has 0 aromatic rings. The summed E-state index contributed by atoms with van der Waals surface area (Å²) in [7, 11) is -0.0150. The first-order chi connectivity index (χ1) is 6.93. The smallest absolute Gasteiger partial charge is 0.478 e. The van der Waals surface area contributed by atoms with Crippen LogP contribution in [0.5, 0.6) is 0 Å². The molecule has 8 heteroatoms. The van der Waals surface area contributed by atoms with Crippen LogP contribution in [0, 0.1) is 0 Å². The number of carbonyl (C=O) groups is 2. The maximum Gasteiger partial charge on any atom is 0.544 e. The first-order valence-electron chi connectivity index (χ1n) is 3.77. The summed E-state index contributed by atoms with van der Waals surface area (Å²) in [5.74, 6) is -2.86. The van der Waals surface area contributed by atoms with Crippen molar-refractivity contribution < 1.29 is 33.1 Å². The maximum atomic E-state index is 10.8. The molecule has 0 heterocycles. The van der Waals surface area contributed by atoms with Gasteiger partial charge in [0.2, 0.25) is 0 Å². The van der Waals surface area contributed by atoms with E-state index in [4.69, 9.17) is 23.5 Å². The zero-order valence-corrected chi connectivity index (χ0v) is 9.51. The molecule has 2 N–H and O–H groups in total. The summed E-state index contributed by atoms with van der Waals surface area (Å²) in [5, 5.41) is 16.8. The highest BCUT2D eigenvalue weighted by Gasteiger charge is 2.47. The number of carboxylic acid groups (broad SMARTS) is 2. The number of rotatable bonds is 6. The third-order valence-corrected chi connectivity index (χ3v) is 4.26. The minimum atomic E-state index is -3.59. The van der Waals surface area contributed by atoms with Gasteiger partial charge in [-0.1, -0.05) is 0 Å². The molecule has 0 amide bonds. The Morgan fingerprint density at radius 3 is 1.67 bits per heavy atom. The van der Waals surface area contributed by atoms with Gasteiger partial charge in [0, 0.05) is 27.4 Å². The lowest BCUT2D eigenvalue weighted by atomic mass is 10.5. The summed E-state index contributed by atoms with van der Waals surface area (Å²) in [6.45, 7) is 0. The third kappa shape index (κ3) is 3.13. The van der Waals surface area contributed by atoms with E-state index >= 15 is 0 Å². The van der Waals surface area contributed by atoms with E-state index in [1.807, 2.05) is 0 Å². The van der Waals surface area contributed by atoms with Gasteiger partial charge >= 0.3 is 20.7 Å². The molecule has 0 radical (unpaired) electrons. The lowest BCUT2D eigenvalue weighted by Crippen LogP contribution is -2.48. The molecule has 0 bridgehead atoms. The molecule has 0 rings (SSSR count). The van der Waals surface area contributed by atoms with Crippen LogP contribution in [0.3, 0.4) is 0 Å². The van der Waals surface area contributed by atoms with Crippen LogP contribution < -0.4 is 0 Å². The lowest BCUT2D eigenvalue weighted by molar-refractivity contribution is -0.135. The Morgan fingerprint density at radius 1 is 1.07 bits per heavy atom. The van der Waals surface area contributed by atoms with Gasteiger partial charge in [0.1, 0.15) is 5.20 Å². The zero-order valence-electron chi connectivity index (χ0n) is 8.51. The highest BCUT2D eigenvalue weighted by atomic mass is 28.4. The summed E-state index contributed by atoms with van der Waals surface area (Å²) in [5.41, 5.74) is 0. The molecule has 7 nitrogen and oxygen atoms in total. The van der Waals surface area contributed by atoms with Crippen LogP contribution in [0.2, 0.25) is 0 Å². The molecule has 86 valence electrons. The number of carboxylic acids is 2. The van der Waals surface area contributed by atoms with Gasteiger partial charge in [-0.2, -0.15) is 0 Å². The van der Waals surface area contributed by atoms with E-state index in [0.717, 1.165) is 0 Å². The van der Waals surface area contributed by atoms with Crippen LogP contribution in [0.25, 0.3) is 0 Å². The molecule has 0 fully saturated rings. The van der Waals surface area contributed by atoms with Crippen molar-refractivity contribution in [3.8, 4) is 0 Å². The van der Waals surface area contributed by atoms with Crippen LogP contribution in [0.1, 0.15) is 0 Å². The summed E-state index contributed by atoms with van der Waals surface area (Å²) in [4.78, 5) is 21.2. The Kier molecular flexibility index (Phi) is 5.15. The fourth-order valence-corrected chi connectivity index (χ4v) is 2.71. The van der Waals surface area contributed by atoms with E-state index < -0.39 is 25.9 Å². The minimum absolute atomic E-state index is 0.505. The highest BCUT2D eigenvalue weighted by molar-refractivity contribution is 6.74. The Hall–Kier alpha value is -1.22. The van der Waals surface area contributed by atoms with Crippen LogP contribution in [0.4, 0.5) is 0 Å². The maximum absolute atomic E-state index is 10.8. The van der Waals surface area contributed by atoms with E-state index in [1.165, 1.54) is 21.3 Å². The molecule has 0 spiro atoms. The van der Waals surface area contributed by atoms with Crippen molar-refractivity contribution >= 4 is 20.7 Å². The van der Waals surface area contributed by atoms with E-state index in [2.05, 4.69) is 0 Å². The van der Waals surface area contributed by atoms with Gasteiger partial charge in [0.05, 0.1) is 0 Å². The van der Waals surface area contributed by atoms with Crippen LogP contribution >= 0.6 is 0 Å². The predicted molar refractivity (Wildman–Crippen MR) is 50.1 cm³/mol. The molecule has 0 aromatic heterocycles. The van der Waals surface area contributed by atoms with Gasteiger partial charge in [-0.25, -0.2) is 9.59 Å². The summed E-state index contributed by atoms with van der Waals surface area (Å²) < 4.78 is 14.5. The summed E-state index contributed by atoms with van der Waals surface area (Å²) in [6, 6.07) is 0. The standard InChI is InChI=1S/C7H12O7Si/c1-12-15(13-2,14-3)5(7(10)11)4-6(8)9/h4H,1-3H3,(H,8,9)(H,10,11)/b5-4+. The number of hydrogen-bond acceptors (Lipinski definition) is 5. The topological polar surface area (TPSA) is 102 Å². The second-order valence-corrected chi connectivity index (χ2v) is 5.25. The second-order valence-electron chi connectivity index (χ2n) is 2.37. The lowest BCUT2D eigenvalue weighted by Gasteiger charge is -2.24. The van der Waals surface area contributed by atoms with Crippen LogP contribution in [-0.4, -0.2) is 52.3 Å². The molecule has 0 saturated heterocycles. The molecule has 0 aliphatic carbocycles. The summed E-state index contributed by atoms with van der Waals surface area (Å²) >= 11 is 0. The van der Waals surface area contributed by atoms with Gasteiger partial charge in [-0.05, 0) is 0 Å². The summed E-state index contributed by atoms with van der Waals surface area (Å²) in [6.07, 6.45) is 0.505. The highest BCUT2D eigenvalue weighted by Crippen LogP contribution is 2.17. The van der Waals surface area contributed by atoms with Gasteiger partial charge in [-0.3, -0.25) is 0 Å². The quantitative estimate of drug-likeness (QED) is 0.473. The Bertz CT molecular complexity index is 273. The fourth-order valence-electron chi connectivity index (χ4n) is 0.984. The molecule has 0 aromatic carbocycles. The van der Waals surface area contributed by atoms with Gasteiger partial charge in [-0.15, -0.1) is 0 Å². The third-order valence-electron chi connectivity index (χ3n) is 1.63. The Balaban J connectivity index is 5.38. The van der Waals surface area contributed by atoms with Crippen molar-refractivity contribution in [2.75, 3.05) is 21.3 Å². The van der Waals surface area contributed by atoms with Crippen molar-refractivity contribution in [3.63, 3.8) is 0 Å². The monoisotopic (exact) mass is 236 g/mol. The minimum Gasteiger partial charge on any atom is -0.478 e. The van der Waals surface area contributed by atoms with Crippen LogP contribution in [-0.2, 0) is 22.9 Å². The van der Waals surface area contributed by atoms with E-state index in [1.54, 1.807) is 0 Å². The fraction of sp³-hybridized carbons (Fsp3) is 0.429. The first kappa shape index (κ1) is 13.8. The molecule has 0 aliphatic rings. The van der Waals surface area contributed by atoms with Crippen molar-refractivity contribution in [2.24, 2.45) is 0 Å².